The third-order valence-electron chi connectivity index (χ3n) is 2.82. The lowest BCUT2D eigenvalue weighted by molar-refractivity contribution is 0.924. The summed E-state index contributed by atoms with van der Waals surface area (Å²) in [5, 5.41) is 3.00. The van der Waals surface area contributed by atoms with Crippen LogP contribution in [0.5, 0.6) is 0 Å². The van der Waals surface area contributed by atoms with Crippen molar-refractivity contribution < 1.29 is 0 Å². The third kappa shape index (κ3) is 9.25. The van der Waals surface area contributed by atoms with Crippen molar-refractivity contribution in [3.8, 4) is 0 Å². The number of rotatable bonds is 2. The van der Waals surface area contributed by atoms with Crippen LogP contribution in [0.3, 0.4) is 0 Å². The van der Waals surface area contributed by atoms with Crippen LogP contribution >= 0.6 is 0 Å². The van der Waals surface area contributed by atoms with E-state index in [2.05, 4.69) is 51.4 Å². The molecular weight excluding hydrogens is 254 g/mol. The van der Waals surface area contributed by atoms with Crippen molar-refractivity contribution in [3.63, 3.8) is 0 Å². The number of hydrogen-bond acceptors (Lipinski definition) is 1. The van der Waals surface area contributed by atoms with Gasteiger partial charge in [-0.05, 0) is 42.1 Å². The van der Waals surface area contributed by atoms with Gasteiger partial charge in [0.15, 0.2) is 0 Å². The third-order valence-corrected chi connectivity index (χ3v) is 2.82. The number of allylic oxidation sites excluding steroid dienone is 8. The van der Waals surface area contributed by atoms with Gasteiger partial charge in [-0.25, -0.2) is 0 Å². The Labute approximate surface area is 133 Å². The van der Waals surface area contributed by atoms with Crippen LogP contribution in [0.2, 0.25) is 0 Å². The van der Waals surface area contributed by atoms with Gasteiger partial charge in [-0.15, -0.1) is 0 Å². The van der Waals surface area contributed by atoms with Gasteiger partial charge in [0.05, 0.1) is 0 Å². The van der Waals surface area contributed by atoms with Crippen LogP contribution in [0.15, 0.2) is 59.8 Å². The highest BCUT2D eigenvalue weighted by molar-refractivity contribution is 5.55. The van der Waals surface area contributed by atoms with Gasteiger partial charge in [-0.2, -0.15) is 0 Å². The summed E-state index contributed by atoms with van der Waals surface area (Å²) in [6, 6.07) is 0. The molecule has 0 aromatic heterocycles. The first kappa shape index (κ1) is 21.9. The van der Waals surface area contributed by atoms with Gasteiger partial charge < -0.3 is 5.32 Å². The van der Waals surface area contributed by atoms with E-state index < -0.39 is 0 Å². The molecule has 1 fully saturated rings. The van der Waals surface area contributed by atoms with Gasteiger partial charge in [-0.1, -0.05) is 72.1 Å². The standard InChI is InChI=1S/C14H18.C2H5N.2C2H6/c1-6-13-11(4)8-10(3)9-12(5)14(13)7-2;1-2-3-1;2*1-2/h6-10H,1-2H2,3-5H3;3H,1-2H2;2*1-2H3. The van der Waals surface area contributed by atoms with Crippen LogP contribution in [0.25, 0.3) is 0 Å². The maximum absolute atomic E-state index is 3.86. The summed E-state index contributed by atoms with van der Waals surface area (Å²) in [7, 11) is 0. The second-order valence-electron chi connectivity index (χ2n) is 4.54. The fourth-order valence-corrected chi connectivity index (χ4v) is 1.98. The molecule has 1 N–H and O–H groups in total. The summed E-state index contributed by atoms with van der Waals surface area (Å²) in [6.07, 6.45) is 8.35. The minimum absolute atomic E-state index is 0.488. The van der Waals surface area contributed by atoms with Gasteiger partial charge in [0.2, 0.25) is 0 Å². The maximum Gasteiger partial charge on any atom is 0.00772 e. The molecule has 120 valence electrons. The van der Waals surface area contributed by atoms with Crippen molar-refractivity contribution in [2.75, 3.05) is 13.1 Å². The monoisotopic (exact) mass is 289 g/mol. The zero-order valence-corrected chi connectivity index (χ0v) is 15.2. The number of nitrogens with one attached hydrogen (secondary N) is 1. The lowest BCUT2D eigenvalue weighted by Crippen LogP contribution is -1.88. The number of hydrogen-bond donors (Lipinski definition) is 1. The van der Waals surface area contributed by atoms with Gasteiger partial charge in [-0.3, -0.25) is 0 Å². The summed E-state index contributed by atoms with van der Waals surface area (Å²) in [5.74, 6) is 0.488. The molecule has 21 heavy (non-hydrogen) atoms. The van der Waals surface area contributed by atoms with Crippen LogP contribution in [0.1, 0.15) is 48.5 Å². The summed E-state index contributed by atoms with van der Waals surface area (Å²) in [6.45, 7) is 24.7. The van der Waals surface area contributed by atoms with Gasteiger partial charge in [0.25, 0.3) is 0 Å². The predicted molar refractivity (Wildman–Crippen MR) is 99.7 cm³/mol. The first-order valence-corrected chi connectivity index (χ1v) is 8.17. The first-order valence-electron chi connectivity index (χ1n) is 8.17. The second kappa shape index (κ2) is 13.6. The summed E-state index contributed by atoms with van der Waals surface area (Å²) < 4.78 is 0. The summed E-state index contributed by atoms with van der Waals surface area (Å²) in [5.41, 5.74) is 4.99. The topological polar surface area (TPSA) is 21.9 Å². The Balaban J connectivity index is 0. The molecule has 0 radical (unpaired) electrons. The molecular formula is C20H35N. The molecule has 0 amide bonds. The molecule has 1 saturated heterocycles. The van der Waals surface area contributed by atoms with E-state index in [-0.39, 0.29) is 0 Å². The second-order valence-corrected chi connectivity index (χ2v) is 4.54. The summed E-state index contributed by atoms with van der Waals surface area (Å²) in [4.78, 5) is 0. The zero-order chi connectivity index (χ0) is 16.8. The average molecular weight is 290 g/mol. The Bertz CT molecular complexity index is 355. The van der Waals surface area contributed by atoms with Crippen molar-refractivity contribution in [1.29, 1.82) is 0 Å². The molecule has 2 aliphatic rings. The quantitative estimate of drug-likeness (QED) is 0.634. The largest absolute Gasteiger partial charge is 0.314 e. The average Bonchev–Trinajstić information content (AvgIpc) is 3.36. The minimum atomic E-state index is 0.488. The van der Waals surface area contributed by atoms with Crippen molar-refractivity contribution in [2.24, 2.45) is 5.92 Å². The molecule has 1 heteroatoms. The Morgan fingerprint density at radius 1 is 0.905 bits per heavy atom. The highest BCUT2D eigenvalue weighted by Gasteiger charge is 2.10. The highest BCUT2D eigenvalue weighted by Crippen LogP contribution is 2.28. The van der Waals surface area contributed by atoms with E-state index in [1.807, 2.05) is 39.8 Å². The molecule has 0 bridgehead atoms. The van der Waals surface area contributed by atoms with Crippen molar-refractivity contribution in [1.82, 2.24) is 5.32 Å². The fraction of sp³-hybridized carbons (Fsp3) is 0.500. The lowest BCUT2D eigenvalue weighted by atomic mass is 9.98. The molecule has 1 aliphatic heterocycles. The van der Waals surface area contributed by atoms with E-state index in [1.54, 1.807) is 0 Å². The first-order chi connectivity index (χ1) is 10.1. The van der Waals surface area contributed by atoms with Crippen molar-refractivity contribution in [2.45, 2.75) is 48.5 Å². The molecule has 0 aromatic rings. The Morgan fingerprint density at radius 3 is 1.38 bits per heavy atom. The highest BCUT2D eigenvalue weighted by atomic mass is 15.0. The molecule has 0 spiro atoms. The molecule has 0 saturated carbocycles. The Morgan fingerprint density at radius 2 is 1.19 bits per heavy atom. The van der Waals surface area contributed by atoms with Crippen LogP contribution in [-0.4, -0.2) is 13.1 Å². The van der Waals surface area contributed by atoms with Crippen LogP contribution < -0.4 is 5.32 Å². The Kier molecular flexibility index (Phi) is 14.3. The van der Waals surface area contributed by atoms with E-state index >= 15 is 0 Å². The molecule has 0 unspecified atom stereocenters. The normalized spacial score (nSPS) is 16.3. The lowest BCUT2D eigenvalue weighted by Gasteiger charge is -2.07. The summed E-state index contributed by atoms with van der Waals surface area (Å²) >= 11 is 0. The molecule has 2 rings (SSSR count). The Hall–Kier alpha value is -1.34. The molecule has 0 atom stereocenters. The van der Waals surface area contributed by atoms with Crippen molar-refractivity contribution >= 4 is 0 Å². The van der Waals surface area contributed by atoms with Gasteiger partial charge in [0.1, 0.15) is 0 Å². The van der Waals surface area contributed by atoms with Crippen LogP contribution in [0.4, 0.5) is 0 Å². The smallest absolute Gasteiger partial charge is 0.00772 e. The fourth-order valence-electron chi connectivity index (χ4n) is 1.98. The van der Waals surface area contributed by atoms with Gasteiger partial charge >= 0.3 is 0 Å². The van der Waals surface area contributed by atoms with E-state index in [1.165, 1.54) is 35.4 Å². The SMILES string of the molecule is C1CN1.C=CC1=C(C=C)C(C)=CC(C)C=C1C.CC.CC. The van der Waals surface area contributed by atoms with E-state index in [4.69, 9.17) is 0 Å². The van der Waals surface area contributed by atoms with Crippen LogP contribution in [0, 0.1) is 5.92 Å². The van der Waals surface area contributed by atoms with Crippen LogP contribution in [-0.2, 0) is 0 Å². The minimum Gasteiger partial charge on any atom is -0.314 e. The predicted octanol–water partition coefficient (Wildman–Crippen LogP) is 5.84. The molecule has 1 nitrogen and oxygen atoms in total. The van der Waals surface area contributed by atoms with E-state index in [0.29, 0.717) is 5.92 Å². The van der Waals surface area contributed by atoms with E-state index in [9.17, 15) is 0 Å². The van der Waals surface area contributed by atoms with E-state index in [0.717, 1.165) is 0 Å². The zero-order valence-electron chi connectivity index (χ0n) is 15.2. The van der Waals surface area contributed by atoms with Crippen molar-refractivity contribution in [3.05, 3.63) is 59.8 Å². The molecule has 1 heterocycles. The molecule has 0 aromatic carbocycles. The van der Waals surface area contributed by atoms with Gasteiger partial charge in [0, 0.05) is 13.1 Å². The molecule has 1 aliphatic carbocycles. The maximum atomic E-state index is 3.86.